The van der Waals surface area contributed by atoms with Gasteiger partial charge in [0, 0.05) is 14.2 Å². The number of aliphatic hydroxyl groups is 1. The fraction of sp³-hybridized carbons (Fsp3) is 0.333. The van der Waals surface area contributed by atoms with Crippen LogP contribution < -0.4 is 5.32 Å². The summed E-state index contributed by atoms with van der Waals surface area (Å²) in [6.45, 7) is -0.100. The molecule has 10 heteroatoms. The molecule has 0 radical (unpaired) electrons. The zero-order valence-corrected chi connectivity index (χ0v) is 19.1. The number of nitrogens with zero attached hydrogens (tertiary/aromatic N) is 1. The molecule has 3 N–H and O–H groups in total. The van der Waals surface area contributed by atoms with Crippen molar-refractivity contribution in [1.82, 2.24) is 15.2 Å². The van der Waals surface area contributed by atoms with Crippen molar-refractivity contribution in [1.29, 1.82) is 0 Å². The Morgan fingerprint density at radius 2 is 2.13 bits per heavy atom. The highest BCUT2D eigenvalue weighted by atomic mass is 35.5. The molecule has 0 unspecified atom stereocenters. The Hall–Kier alpha value is -2.10. The van der Waals surface area contributed by atoms with Gasteiger partial charge in [-0.2, -0.15) is 0 Å². The maximum atomic E-state index is 13.0. The van der Waals surface area contributed by atoms with Crippen LogP contribution in [0.25, 0.3) is 10.2 Å². The lowest BCUT2D eigenvalue weighted by molar-refractivity contribution is -0.144. The predicted molar refractivity (Wildman–Crippen MR) is 121 cm³/mol. The Morgan fingerprint density at radius 3 is 2.84 bits per heavy atom. The first kappa shape index (κ1) is 22.1. The highest BCUT2D eigenvalue weighted by molar-refractivity contribution is 7.23. The molecule has 31 heavy (non-hydrogen) atoms. The summed E-state index contributed by atoms with van der Waals surface area (Å²) in [6, 6.07) is 8.65. The van der Waals surface area contributed by atoms with E-state index >= 15 is 0 Å². The van der Waals surface area contributed by atoms with Crippen molar-refractivity contribution in [3.63, 3.8) is 0 Å². The second-order valence-corrected chi connectivity index (χ2v) is 9.49. The second kappa shape index (κ2) is 8.80. The number of amides is 2. The molecule has 0 aliphatic heterocycles. The number of aromatic amines is 1. The van der Waals surface area contributed by atoms with Gasteiger partial charge in [0.15, 0.2) is 6.10 Å². The fourth-order valence-electron chi connectivity index (χ4n) is 4.07. The smallest absolute Gasteiger partial charge is 0.268 e. The largest absolute Gasteiger partial charge is 0.381 e. The maximum absolute atomic E-state index is 13.0. The molecule has 0 saturated heterocycles. The zero-order valence-electron chi connectivity index (χ0n) is 16.8. The quantitative estimate of drug-likeness (QED) is 0.502. The number of benzene rings is 1. The summed E-state index contributed by atoms with van der Waals surface area (Å²) < 4.78 is 6.17. The number of ether oxygens (including phenoxy) is 1. The number of thiophene rings is 1. The lowest BCUT2D eigenvalue weighted by Gasteiger charge is -2.32. The molecule has 0 saturated carbocycles. The SMILES string of the molecule is COC[C@H](O)C(=O)N(C)[C@H]1c2ccccc2C[C@H]1NC(=O)c1cc2sc(Cl)c(Cl)c2[nH]1. The Bertz CT molecular complexity index is 1150. The summed E-state index contributed by atoms with van der Waals surface area (Å²) in [7, 11) is 3.05. The Balaban J connectivity index is 1.59. The minimum atomic E-state index is -1.28. The zero-order chi connectivity index (χ0) is 22.3. The molecule has 4 rings (SSSR count). The Kier molecular flexibility index (Phi) is 6.27. The molecule has 3 atom stereocenters. The van der Waals surface area contributed by atoms with Crippen LogP contribution in [0, 0.1) is 0 Å². The highest BCUT2D eigenvalue weighted by Crippen LogP contribution is 2.39. The van der Waals surface area contributed by atoms with E-state index in [4.69, 9.17) is 27.9 Å². The van der Waals surface area contributed by atoms with E-state index in [1.165, 1.54) is 23.3 Å². The van der Waals surface area contributed by atoms with Crippen LogP contribution in [0.2, 0.25) is 9.36 Å². The number of H-pyrrole nitrogens is 1. The standard InChI is InChI=1S/C21H21Cl2N3O4S/c1-26(21(29)14(27)9-30-2)18-11-6-4-3-5-10(11)7-12(18)25-20(28)13-8-15-17(24-13)16(22)19(23)31-15/h3-6,8,12,14,18,24,27H,7,9H2,1-2H3,(H,25,28)/t12-,14+,18+/m1/s1. The number of halogens is 2. The van der Waals surface area contributed by atoms with Crippen LogP contribution in [0.3, 0.4) is 0 Å². The van der Waals surface area contributed by atoms with Gasteiger partial charge in [-0.05, 0) is 23.6 Å². The van der Waals surface area contributed by atoms with Crippen molar-refractivity contribution in [2.45, 2.75) is 24.6 Å². The fourth-order valence-corrected chi connectivity index (χ4v) is 5.55. The van der Waals surface area contributed by atoms with Gasteiger partial charge in [0.05, 0.1) is 33.9 Å². The Labute approximate surface area is 192 Å². The second-order valence-electron chi connectivity index (χ2n) is 7.46. The minimum Gasteiger partial charge on any atom is -0.381 e. The van der Waals surface area contributed by atoms with Gasteiger partial charge in [-0.25, -0.2) is 0 Å². The summed E-state index contributed by atoms with van der Waals surface area (Å²) in [5.74, 6) is -0.777. The van der Waals surface area contributed by atoms with Gasteiger partial charge >= 0.3 is 0 Å². The number of nitrogens with one attached hydrogen (secondary N) is 2. The summed E-state index contributed by atoms with van der Waals surface area (Å²) >= 11 is 13.5. The van der Waals surface area contributed by atoms with Crippen LogP contribution in [0.15, 0.2) is 30.3 Å². The van der Waals surface area contributed by atoms with Crippen molar-refractivity contribution < 1.29 is 19.4 Å². The molecule has 0 spiro atoms. The average molecular weight is 482 g/mol. The molecular weight excluding hydrogens is 461 g/mol. The third-order valence-electron chi connectivity index (χ3n) is 5.50. The number of methoxy groups -OCH3 is 1. The van der Waals surface area contributed by atoms with Gasteiger partial charge in [0.1, 0.15) is 10.0 Å². The number of fused-ring (bicyclic) bond motifs is 2. The molecule has 2 aromatic heterocycles. The molecule has 1 aliphatic rings. The van der Waals surface area contributed by atoms with Crippen LogP contribution in [-0.4, -0.2) is 59.7 Å². The molecule has 0 fully saturated rings. The topological polar surface area (TPSA) is 94.7 Å². The number of hydrogen-bond donors (Lipinski definition) is 3. The van der Waals surface area contributed by atoms with E-state index in [9.17, 15) is 14.7 Å². The maximum Gasteiger partial charge on any atom is 0.268 e. The van der Waals surface area contributed by atoms with E-state index in [0.29, 0.717) is 27.0 Å². The lowest BCUT2D eigenvalue weighted by atomic mass is 10.0. The van der Waals surface area contributed by atoms with E-state index < -0.39 is 18.1 Å². The highest BCUT2D eigenvalue weighted by Gasteiger charge is 2.39. The van der Waals surface area contributed by atoms with Gasteiger partial charge in [0.25, 0.3) is 11.8 Å². The molecule has 2 heterocycles. The number of likely N-dealkylation sites (N-methyl/N-ethyl adjacent to an activating group) is 1. The number of rotatable bonds is 6. The summed E-state index contributed by atoms with van der Waals surface area (Å²) in [4.78, 5) is 30.2. The summed E-state index contributed by atoms with van der Waals surface area (Å²) in [6.07, 6.45) is -0.715. The van der Waals surface area contributed by atoms with Crippen LogP contribution in [0.1, 0.15) is 27.7 Å². The molecule has 0 bridgehead atoms. The molecule has 164 valence electrons. The van der Waals surface area contributed by atoms with Crippen LogP contribution >= 0.6 is 34.5 Å². The third kappa shape index (κ3) is 4.06. The summed E-state index contributed by atoms with van der Waals surface area (Å²) in [5.41, 5.74) is 2.97. The van der Waals surface area contributed by atoms with Gasteiger partial charge in [-0.15, -0.1) is 11.3 Å². The molecule has 1 aliphatic carbocycles. The Morgan fingerprint density at radius 1 is 1.39 bits per heavy atom. The lowest BCUT2D eigenvalue weighted by Crippen LogP contribution is -2.48. The van der Waals surface area contributed by atoms with Crippen molar-refractivity contribution in [2.75, 3.05) is 20.8 Å². The van der Waals surface area contributed by atoms with Gasteiger partial charge in [0.2, 0.25) is 0 Å². The van der Waals surface area contributed by atoms with Crippen LogP contribution in [0.4, 0.5) is 0 Å². The van der Waals surface area contributed by atoms with Crippen molar-refractivity contribution in [2.24, 2.45) is 0 Å². The van der Waals surface area contributed by atoms with E-state index in [1.54, 1.807) is 13.1 Å². The first-order valence-electron chi connectivity index (χ1n) is 9.60. The molecule has 1 aromatic carbocycles. The monoisotopic (exact) mass is 481 g/mol. The molecule has 3 aromatic rings. The number of aliphatic hydroxyl groups excluding tert-OH is 1. The van der Waals surface area contributed by atoms with E-state index in [2.05, 4.69) is 10.3 Å². The van der Waals surface area contributed by atoms with Gasteiger partial charge in [-0.1, -0.05) is 47.5 Å². The average Bonchev–Trinajstić information content (AvgIpc) is 3.40. The van der Waals surface area contributed by atoms with Crippen LogP contribution in [-0.2, 0) is 16.0 Å². The number of hydrogen-bond acceptors (Lipinski definition) is 5. The van der Waals surface area contributed by atoms with Crippen LogP contribution in [0.5, 0.6) is 0 Å². The van der Waals surface area contributed by atoms with E-state index in [0.717, 1.165) is 15.8 Å². The van der Waals surface area contributed by atoms with Crippen molar-refractivity contribution in [3.05, 3.63) is 56.5 Å². The van der Waals surface area contributed by atoms with Gasteiger partial charge in [-0.3, -0.25) is 9.59 Å². The molecule has 7 nitrogen and oxygen atoms in total. The predicted octanol–water partition coefficient (Wildman–Crippen LogP) is 3.40. The molecular formula is C21H21Cl2N3O4S. The first-order chi connectivity index (χ1) is 14.8. The normalized spacial score (nSPS) is 18.7. The van der Waals surface area contributed by atoms with E-state index in [1.807, 2.05) is 24.3 Å². The number of carbonyl (C=O) groups is 2. The number of aromatic nitrogens is 1. The molecule has 2 amide bonds. The van der Waals surface area contributed by atoms with E-state index in [-0.39, 0.29) is 18.6 Å². The first-order valence-corrected chi connectivity index (χ1v) is 11.2. The summed E-state index contributed by atoms with van der Waals surface area (Å²) in [5, 5.41) is 13.5. The number of carbonyl (C=O) groups excluding carboxylic acids is 2. The van der Waals surface area contributed by atoms with Crippen molar-refractivity contribution in [3.8, 4) is 0 Å². The van der Waals surface area contributed by atoms with Crippen molar-refractivity contribution >= 4 is 56.6 Å². The minimum absolute atomic E-state index is 0.100. The van der Waals surface area contributed by atoms with Gasteiger partial charge < -0.3 is 25.0 Å². The third-order valence-corrected chi connectivity index (χ3v) is 7.44.